The predicted molar refractivity (Wildman–Crippen MR) is 76.9 cm³/mol. The van der Waals surface area contributed by atoms with Gasteiger partial charge < -0.3 is 9.73 Å². The van der Waals surface area contributed by atoms with Crippen LogP contribution in [0.5, 0.6) is 0 Å². The Labute approximate surface area is 116 Å². The molecule has 0 amide bonds. The SMILES string of the molecule is CN(Cc1ccoc1CNC1CC1)C1CCCCC1. The molecule has 0 atom stereocenters. The fraction of sp³-hybridized carbons (Fsp3) is 0.750. The largest absolute Gasteiger partial charge is 0.468 e. The zero-order valence-corrected chi connectivity index (χ0v) is 12.0. The Balaban J connectivity index is 1.54. The van der Waals surface area contributed by atoms with E-state index >= 15 is 0 Å². The van der Waals surface area contributed by atoms with Crippen LogP contribution >= 0.6 is 0 Å². The van der Waals surface area contributed by atoms with E-state index in [2.05, 4.69) is 23.3 Å². The van der Waals surface area contributed by atoms with Gasteiger partial charge >= 0.3 is 0 Å². The van der Waals surface area contributed by atoms with Crippen LogP contribution < -0.4 is 5.32 Å². The second kappa shape index (κ2) is 6.10. The van der Waals surface area contributed by atoms with E-state index in [1.54, 1.807) is 0 Å². The Hall–Kier alpha value is -0.800. The van der Waals surface area contributed by atoms with E-state index in [4.69, 9.17) is 4.42 Å². The van der Waals surface area contributed by atoms with E-state index in [-0.39, 0.29) is 0 Å². The Morgan fingerprint density at radius 2 is 2.00 bits per heavy atom. The second-order valence-electron chi connectivity index (χ2n) is 6.23. The molecule has 106 valence electrons. The van der Waals surface area contributed by atoms with Crippen molar-refractivity contribution >= 4 is 0 Å². The van der Waals surface area contributed by atoms with Gasteiger partial charge in [0.15, 0.2) is 0 Å². The van der Waals surface area contributed by atoms with Crippen molar-refractivity contribution in [3.8, 4) is 0 Å². The molecule has 0 aliphatic heterocycles. The predicted octanol–water partition coefficient (Wildman–Crippen LogP) is 3.30. The highest BCUT2D eigenvalue weighted by Crippen LogP contribution is 2.24. The molecule has 3 nitrogen and oxygen atoms in total. The molecule has 0 spiro atoms. The summed E-state index contributed by atoms with van der Waals surface area (Å²) in [7, 11) is 2.26. The Morgan fingerprint density at radius 3 is 2.74 bits per heavy atom. The number of hydrogen-bond donors (Lipinski definition) is 1. The average molecular weight is 262 g/mol. The van der Waals surface area contributed by atoms with Crippen LogP contribution in [0.1, 0.15) is 56.3 Å². The van der Waals surface area contributed by atoms with Gasteiger partial charge in [-0.3, -0.25) is 4.90 Å². The maximum atomic E-state index is 5.64. The van der Waals surface area contributed by atoms with Gasteiger partial charge in [0.2, 0.25) is 0 Å². The third-order valence-corrected chi connectivity index (χ3v) is 4.58. The fourth-order valence-corrected chi connectivity index (χ4v) is 3.11. The first-order chi connectivity index (χ1) is 9.33. The Morgan fingerprint density at radius 1 is 1.21 bits per heavy atom. The molecule has 1 aromatic heterocycles. The van der Waals surface area contributed by atoms with E-state index in [1.165, 1.54) is 50.5 Å². The summed E-state index contributed by atoms with van der Waals surface area (Å²) < 4.78 is 5.64. The quantitative estimate of drug-likeness (QED) is 0.852. The van der Waals surface area contributed by atoms with Crippen LogP contribution in [-0.4, -0.2) is 24.0 Å². The monoisotopic (exact) mass is 262 g/mol. The van der Waals surface area contributed by atoms with Crippen molar-refractivity contribution in [3.63, 3.8) is 0 Å². The van der Waals surface area contributed by atoms with Crippen molar-refractivity contribution < 1.29 is 4.42 Å². The van der Waals surface area contributed by atoms with Gasteiger partial charge in [-0.2, -0.15) is 0 Å². The van der Waals surface area contributed by atoms with E-state index in [1.807, 2.05) is 6.26 Å². The number of nitrogens with zero attached hydrogens (tertiary/aromatic N) is 1. The first-order valence-corrected chi connectivity index (χ1v) is 7.82. The summed E-state index contributed by atoms with van der Waals surface area (Å²) in [6.07, 6.45) is 11.5. The van der Waals surface area contributed by atoms with Crippen LogP contribution in [-0.2, 0) is 13.1 Å². The maximum absolute atomic E-state index is 5.64. The summed E-state index contributed by atoms with van der Waals surface area (Å²) in [6.45, 7) is 1.92. The molecule has 0 aromatic carbocycles. The van der Waals surface area contributed by atoms with Crippen molar-refractivity contribution in [1.29, 1.82) is 0 Å². The number of hydrogen-bond acceptors (Lipinski definition) is 3. The summed E-state index contributed by atoms with van der Waals surface area (Å²) in [6, 6.07) is 3.66. The molecule has 2 fully saturated rings. The minimum Gasteiger partial charge on any atom is -0.468 e. The third kappa shape index (κ3) is 3.61. The second-order valence-corrected chi connectivity index (χ2v) is 6.23. The summed E-state index contributed by atoms with van der Waals surface area (Å²) >= 11 is 0. The molecule has 2 saturated carbocycles. The molecule has 0 radical (unpaired) electrons. The number of furan rings is 1. The van der Waals surface area contributed by atoms with E-state index in [0.717, 1.165) is 30.9 Å². The Kier molecular flexibility index (Phi) is 4.24. The maximum Gasteiger partial charge on any atom is 0.122 e. The van der Waals surface area contributed by atoms with Gasteiger partial charge in [0.25, 0.3) is 0 Å². The van der Waals surface area contributed by atoms with Crippen LogP contribution in [0.15, 0.2) is 16.7 Å². The molecule has 0 unspecified atom stereocenters. The molecule has 2 aliphatic rings. The van der Waals surface area contributed by atoms with Gasteiger partial charge in [-0.25, -0.2) is 0 Å². The lowest BCUT2D eigenvalue weighted by Crippen LogP contribution is -2.33. The van der Waals surface area contributed by atoms with Crippen molar-refractivity contribution in [1.82, 2.24) is 10.2 Å². The minimum atomic E-state index is 0.744. The first-order valence-electron chi connectivity index (χ1n) is 7.82. The lowest BCUT2D eigenvalue weighted by atomic mass is 9.94. The molecule has 19 heavy (non-hydrogen) atoms. The molecule has 1 aromatic rings. The molecule has 1 heterocycles. The highest BCUT2D eigenvalue weighted by Gasteiger charge is 2.22. The van der Waals surface area contributed by atoms with E-state index < -0.39 is 0 Å². The summed E-state index contributed by atoms with van der Waals surface area (Å²) in [5, 5.41) is 3.54. The van der Waals surface area contributed by atoms with Crippen LogP contribution in [0.3, 0.4) is 0 Å². The zero-order valence-electron chi connectivity index (χ0n) is 12.0. The number of nitrogens with one attached hydrogen (secondary N) is 1. The van der Waals surface area contributed by atoms with E-state index in [0.29, 0.717) is 0 Å². The average Bonchev–Trinajstić information content (AvgIpc) is 3.18. The van der Waals surface area contributed by atoms with Crippen molar-refractivity contribution in [2.45, 2.75) is 70.1 Å². The summed E-state index contributed by atoms with van der Waals surface area (Å²) in [5.41, 5.74) is 1.36. The fourth-order valence-electron chi connectivity index (χ4n) is 3.11. The molecule has 0 bridgehead atoms. The van der Waals surface area contributed by atoms with E-state index in [9.17, 15) is 0 Å². The van der Waals surface area contributed by atoms with Crippen molar-refractivity contribution in [2.75, 3.05) is 7.05 Å². The number of rotatable bonds is 6. The summed E-state index contributed by atoms with van der Waals surface area (Å²) in [5.74, 6) is 1.13. The first kappa shape index (κ1) is 13.2. The zero-order chi connectivity index (χ0) is 13.1. The van der Waals surface area contributed by atoms with Gasteiger partial charge in [0, 0.05) is 24.2 Å². The van der Waals surface area contributed by atoms with Crippen LogP contribution in [0.4, 0.5) is 0 Å². The molecule has 3 rings (SSSR count). The lowest BCUT2D eigenvalue weighted by Gasteiger charge is -2.31. The van der Waals surface area contributed by atoms with Crippen molar-refractivity contribution in [2.24, 2.45) is 0 Å². The lowest BCUT2D eigenvalue weighted by molar-refractivity contribution is 0.183. The van der Waals surface area contributed by atoms with Gasteiger partial charge in [-0.05, 0) is 38.8 Å². The van der Waals surface area contributed by atoms with Gasteiger partial charge in [-0.1, -0.05) is 19.3 Å². The normalized spacial score (nSPS) is 21.2. The highest BCUT2D eigenvalue weighted by molar-refractivity contribution is 5.17. The topological polar surface area (TPSA) is 28.4 Å². The molecule has 0 saturated heterocycles. The molecule has 2 aliphatic carbocycles. The van der Waals surface area contributed by atoms with Gasteiger partial charge in [0.1, 0.15) is 5.76 Å². The van der Waals surface area contributed by atoms with Gasteiger partial charge in [0.05, 0.1) is 12.8 Å². The Bertz CT molecular complexity index is 391. The van der Waals surface area contributed by atoms with Crippen LogP contribution in [0.25, 0.3) is 0 Å². The molecular formula is C16H26N2O. The summed E-state index contributed by atoms with van der Waals surface area (Å²) in [4.78, 5) is 2.52. The molecule has 1 N–H and O–H groups in total. The van der Waals surface area contributed by atoms with Crippen LogP contribution in [0, 0.1) is 0 Å². The molecule has 3 heteroatoms. The van der Waals surface area contributed by atoms with Crippen molar-refractivity contribution in [3.05, 3.63) is 23.7 Å². The minimum absolute atomic E-state index is 0.744. The molecular weight excluding hydrogens is 236 g/mol. The highest BCUT2D eigenvalue weighted by atomic mass is 16.3. The standard InChI is InChI=1S/C16H26N2O/c1-18(15-5-3-2-4-6-15)12-13-9-10-19-16(13)11-17-14-7-8-14/h9-10,14-15,17H,2-8,11-12H2,1H3. The smallest absolute Gasteiger partial charge is 0.122 e. The van der Waals surface area contributed by atoms with Crippen LogP contribution in [0.2, 0.25) is 0 Å². The van der Waals surface area contributed by atoms with Gasteiger partial charge in [-0.15, -0.1) is 0 Å². The third-order valence-electron chi connectivity index (χ3n) is 4.58.